The lowest BCUT2D eigenvalue weighted by atomic mass is 10.3. The predicted molar refractivity (Wildman–Crippen MR) is 70.5 cm³/mol. The Morgan fingerprint density at radius 1 is 1.53 bits per heavy atom. The molecule has 0 saturated carbocycles. The smallest absolute Gasteiger partial charge is 0.247 e. The van der Waals surface area contributed by atoms with Crippen molar-refractivity contribution in [3.8, 4) is 0 Å². The van der Waals surface area contributed by atoms with Gasteiger partial charge in [0, 0.05) is 14.1 Å². The van der Waals surface area contributed by atoms with E-state index in [0.29, 0.717) is 11.4 Å². The lowest BCUT2D eigenvalue weighted by Gasteiger charge is -2.23. The van der Waals surface area contributed by atoms with Crippen LogP contribution in [0.1, 0.15) is 18.3 Å². The number of sulfonamides is 1. The maximum absolute atomic E-state index is 12.5. The van der Waals surface area contributed by atoms with Gasteiger partial charge in [-0.25, -0.2) is 8.42 Å². The van der Waals surface area contributed by atoms with Crippen LogP contribution in [0.2, 0.25) is 0 Å². The molecular weight excluding hydrogens is 270 g/mol. The minimum atomic E-state index is -3.76. The number of aromatic nitrogens is 2. The highest BCUT2D eigenvalue weighted by Gasteiger charge is 2.32. The highest BCUT2D eigenvalue weighted by Crippen LogP contribution is 2.23. The number of aryl methyl sites for hydroxylation is 2. The molecule has 0 bridgehead atoms. The Labute approximate surface area is 112 Å². The first-order valence-corrected chi connectivity index (χ1v) is 7.04. The van der Waals surface area contributed by atoms with Gasteiger partial charge in [-0.1, -0.05) is 5.16 Å². The summed E-state index contributed by atoms with van der Waals surface area (Å²) < 4.78 is 27.6. The fraction of sp³-hybridized carbons (Fsp3) is 0.600. The summed E-state index contributed by atoms with van der Waals surface area (Å²) in [6.07, 6.45) is 0. The third-order valence-corrected chi connectivity index (χ3v) is 5.35. The number of amidine groups is 1. The summed E-state index contributed by atoms with van der Waals surface area (Å²) in [6, 6.07) is -0.756. The fourth-order valence-corrected chi connectivity index (χ4v) is 3.48. The van der Waals surface area contributed by atoms with E-state index < -0.39 is 16.1 Å². The number of likely N-dealkylation sites (N-methyl/N-ethyl adjacent to an activating group) is 1. The van der Waals surface area contributed by atoms with Gasteiger partial charge >= 0.3 is 0 Å². The molecule has 1 aromatic heterocycles. The monoisotopic (exact) mass is 289 g/mol. The highest BCUT2D eigenvalue weighted by molar-refractivity contribution is 7.89. The number of hydrogen-bond acceptors (Lipinski definition) is 5. The van der Waals surface area contributed by atoms with Gasteiger partial charge in [-0.2, -0.15) is 9.40 Å². The maximum Gasteiger partial charge on any atom is 0.247 e. The molecule has 1 heterocycles. The average molecular weight is 289 g/mol. The van der Waals surface area contributed by atoms with Crippen molar-refractivity contribution in [1.82, 2.24) is 14.1 Å². The van der Waals surface area contributed by atoms with E-state index in [0.717, 1.165) is 4.31 Å². The van der Waals surface area contributed by atoms with Crippen molar-refractivity contribution in [3.63, 3.8) is 0 Å². The number of rotatable bonds is 4. The van der Waals surface area contributed by atoms with E-state index in [1.54, 1.807) is 20.9 Å². The molecule has 9 heteroatoms. The molecule has 0 amide bonds. The molecule has 0 radical (unpaired) electrons. The van der Waals surface area contributed by atoms with E-state index in [1.165, 1.54) is 18.7 Å². The van der Waals surface area contributed by atoms with Crippen LogP contribution in [0, 0.1) is 13.8 Å². The lowest BCUT2D eigenvalue weighted by Crippen LogP contribution is -2.44. The Bertz CT molecular complexity index is 605. The molecule has 1 aromatic rings. The van der Waals surface area contributed by atoms with Gasteiger partial charge in [0.2, 0.25) is 10.0 Å². The number of nitrogens with two attached hydrogens (primary N) is 1. The summed E-state index contributed by atoms with van der Waals surface area (Å²) >= 11 is 0. The van der Waals surface area contributed by atoms with Crippen LogP contribution in [0.5, 0.6) is 0 Å². The molecule has 108 valence electrons. The van der Waals surface area contributed by atoms with Crippen molar-refractivity contribution in [2.75, 3.05) is 7.05 Å². The van der Waals surface area contributed by atoms with Gasteiger partial charge < -0.3 is 10.9 Å². The molecular formula is C10H19N5O3S. The van der Waals surface area contributed by atoms with Crippen molar-refractivity contribution in [2.24, 2.45) is 17.9 Å². The van der Waals surface area contributed by atoms with Gasteiger partial charge in [-0.15, -0.1) is 0 Å². The molecule has 3 N–H and O–H groups in total. The molecule has 0 spiro atoms. The van der Waals surface area contributed by atoms with E-state index >= 15 is 0 Å². The van der Waals surface area contributed by atoms with Crippen LogP contribution in [-0.2, 0) is 17.1 Å². The normalized spacial score (nSPS) is 14.9. The molecule has 0 aromatic carbocycles. The molecule has 1 unspecified atom stereocenters. The molecule has 1 atom stereocenters. The third kappa shape index (κ3) is 2.56. The summed E-state index contributed by atoms with van der Waals surface area (Å²) in [7, 11) is -0.702. The van der Waals surface area contributed by atoms with Gasteiger partial charge in [-0.3, -0.25) is 4.68 Å². The third-order valence-electron chi connectivity index (χ3n) is 3.17. The van der Waals surface area contributed by atoms with Gasteiger partial charge in [0.1, 0.15) is 4.90 Å². The summed E-state index contributed by atoms with van der Waals surface area (Å²) in [6.45, 7) is 4.84. The summed E-state index contributed by atoms with van der Waals surface area (Å²) in [5.74, 6) is -0.176. The minimum absolute atomic E-state index is 0.148. The van der Waals surface area contributed by atoms with Gasteiger partial charge in [0.25, 0.3) is 0 Å². The van der Waals surface area contributed by atoms with Gasteiger partial charge in [0.15, 0.2) is 5.84 Å². The first-order valence-electron chi connectivity index (χ1n) is 5.60. The SMILES string of the molecule is Cc1nn(C)c(C)c1S(=O)(=O)N(C)C(C)C(N)=NO. The molecule has 1 rings (SSSR count). The zero-order valence-electron chi connectivity index (χ0n) is 11.6. The lowest BCUT2D eigenvalue weighted by molar-refractivity contribution is 0.311. The zero-order chi connectivity index (χ0) is 15.0. The van der Waals surface area contributed by atoms with E-state index in [1.807, 2.05) is 0 Å². The molecule has 0 aliphatic rings. The Balaban J connectivity index is 3.32. The van der Waals surface area contributed by atoms with Crippen molar-refractivity contribution in [1.29, 1.82) is 0 Å². The first kappa shape index (κ1) is 15.4. The summed E-state index contributed by atoms with van der Waals surface area (Å²) in [4.78, 5) is 0.148. The van der Waals surface area contributed by atoms with Crippen LogP contribution in [0.4, 0.5) is 0 Å². The van der Waals surface area contributed by atoms with Crippen molar-refractivity contribution >= 4 is 15.9 Å². The quantitative estimate of drug-likeness (QED) is 0.344. The second-order valence-corrected chi connectivity index (χ2v) is 6.28. The number of hydrogen-bond donors (Lipinski definition) is 2. The number of oxime groups is 1. The van der Waals surface area contributed by atoms with Crippen LogP contribution in [0.25, 0.3) is 0 Å². The summed E-state index contributed by atoms with van der Waals surface area (Å²) in [5, 5.41) is 15.5. The van der Waals surface area contributed by atoms with Crippen LogP contribution < -0.4 is 5.73 Å². The van der Waals surface area contributed by atoms with Gasteiger partial charge in [-0.05, 0) is 20.8 Å². The van der Waals surface area contributed by atoms with E-state index in [2.05, 4.69) is 10.3 Å². The minimum Gasteiger partial charge on any atom is -0.409 e. The highest BCUT2D eigenvalue weighted by atomic mass is 32.2. The summed E-state index contributed by atoms with van der Waals surface area (Å²) in [5.41, 5.74) is 6.40. The maximum atomic E-state index is 12.5. The van der Waals surface area contributed by atoms with Crippen LogP contribution in [0.3, 0.4) is 0 Å². The van der Waals surface area contributed by atoms with E-state index in [-0.39, 0.29) is 10.7 Å². The molecule has 0 aliphatic heterocycles. The molecule has 19 heavy (non-hydrogen) atoms. The molecule has 0 aliphatic carbocycles. The fourth-order valence-electron chi connectivity index (χ4n) is 1.75. The topological polar surface area (TPSA) is 114 Å². The van der Waals surface area contributed by atoms with Crippen molar-refractivity contribution in [2.45, 2.75) is 31.7 Å². The largest absolute Gasteiger partial charge is 0.409 e. The predicted octanol–water partition coefficient (Wildman–Crippen LogP) is -0.208. The Hall–Kier alpha value is -1.61. The Morgan fingerprint density at radius 3 is 2.42 bits per heavy atom. The second kappa shape index (κ2) is 5.17. The van der Waals surface area contributed by atoms with Gasteiger partial charge in [0.05, 0.1) is 17.4 Å². The molecule has 0 fully saturated rings. The molecule has 8 nitrogen and oxygen atoms in total. The van der Waals surface area contributed by atoms with Crippen molar-refractivity contribution < 1.29 is 13.6 Å². The average Bonchev–Trinajstić information content (AvgIpc) is 2.60. The standard InChI is InChI=1S/C10H19N5O3S/c1-6-9(7(2)14(4)12-6)19(17,18)15(5)8(3)10(11)13-16/h8,16H,1-5H3,(H2,11,13). The van der Waals surface area contributed by atoms with E-state index in [4.69, 9.17) is 10.9 Å². The first-order chi connectivity index (χ1) is 8.64. The van der Waals surface area contributed by atoms with Crippen LogP contribution in [0.15, 0.2) is 10.1 Å². The van der Waals surface area contributed by atoms with Crippen LogP contribution >= 0.6 is 0 Å². The second-order valence-electron chi connectivity index (χ2n) is 4.35. The van der Waals surface area contributed by atoms with Crippen LogP contribution in [-0.4, -0.2) is 46.6 Å². The van der Waals surface area contributed by atoms with Crippen molar-refractivity contribution in [3.05, 3.63) is 11.4 Å². The Kier molecular flexibility index (Phi) is 4.21. The molecule has 0 saturated heterocycles. The Morgan fingerprint density at radius 2 is 2.05 bits per heavy atom. The number of nitrogens with zero attached hydrogens (tertiary/aromatic N) is 4. The zero-order valence-corrected chi connectivity index (χ0v) is 12.4. The van der Waals surface area contributed by atoms with E-state index in [9.17, 15) is 8.42 Å².